The van der Waals surface area contributed by atoms with Crippen LogP contribution in [-0.2, 0) is 18.6 Å². The van der Waals surface area contributed by atoms with Crippen LogP contribution in [0.4, 0.5) is 0 Å². The van der Waals surface area contributed by atoms with Gasteiger partial charge in [-0.25, -0.2) is 0 Å². The molecule has 0 aliphatic rings. The zero-order valence-electron chi connectivity index (χ0n) is 16.3. The van der Waals surface area contributed by atoms with Crippen LogP contribution in [0.25, 0.3) is 0 Å². The largest absolute Gasteiger partial charge is 0.384 e. The van der Waals surface area contributed by atoms with Crippen LogP contribution in [0.1, 0.15) is 23.6 Å². The summed E-state index contributed by atoms with van der Waals surface area (Å²) in [5.74, 6) is 0.0776. The first-order chi connectivity index (χ1) is 13.1. The Hall–Kier alpha value is -2.42. The zero-order chi connectivity index (χ0) is 19.1. The molecule has 0 aliphatic heterocycles. The van der Waals surface area contributed by atoms with Crippen LogP contribution in [0.5, 0.6) is 0 Å². The number of rotatable bonds is 8. The van der Waals surface area contributed by atoms with Gasteiger partial charge < -0.3 is 10.0 Å². The zero-order valence-corrected chi connectivity index (χ0v) is 16.3. The van der Waals surface area contributed by atoms with Crippen LogP contribution in [0.3, 0.4) is 0 Å². The maximum Gasteiger partial charge on any atom is 0.0974 e. The minimum Gasteiger partial charge on any atom is -0.384 e. The summed E-state index contributed by atoms with van der Waals surface area (Å²) in [5.41, 5.74) is 2.52. The van der Waals surface area contributed by atoms with Crippen LogP contribution in [0.15, 0.2) is 91.0 Å². The molecule has 0 aliphatic carbocycles. The number of benzene rings is 3. The molecule has 27 heavy (non-hydrogen) atoms. The van der Waals surface area contributed by atoms with E-state index in [1.807, 2.05) is 54.6 Å². The van der Waals surface area contributed by atoms with Gasteiger partial charge in [0.15, 0.2) is 0 Å². The fourth-order valence-corrected chi connectivity index (χ4v) is 3.77. The molecule has 0 spiro atoms. The number of hydrogen-bond acceptors (Lipinski definition) is 2. The molecule has 3 rings (SSSR count). The topological polar surface area (TPSA) is 23.5 Å². The highest BCUT2D eigenvalue weighted by Gasteiger charge is 2.36. The predicted molar refractivity (Wildman–Crippen MR) is 112 cm³/mol. The first kappa shape index (κ1) is 19.3. The third-order valence-electron chi connectivity index (χ3n) is 5.29. The molecule has 2 heteroatoms. The molecule has 0 heterocycles. The number of aliphatic hydroxyl groups is 1. The standard InChI is InChI=1S/C25H29NO/c1-21(19-26(2)20-23-14-8-4-9-15-23)25(27,24-16-10-5-11-17-24)18-22-12-6-3-7-13-22/h3-17,21,27H,18-20H2,1-2H3. The smallest absolute Gasteiger partial charge is 0.0974 e. The lowest BCUT2D eigenvalue weighted by atomic mass is 9.77. The highest BCUT2D eigenvalue weighted by Crippen LogP contribution is 2.34. The summed E-state index contributed by atoms with van der Waals surface area (Å²) in [5, 5.41) is 11.8. The van der Waals surface area contributed by atoms with E-state index in [4.69, 9.17) is 0 Å². The van der Waals surface area contributed by atoms with Gasteiger partial charge in [-0.3, -0.25) is 0 Å². The van der Waals surface area contributed by atoms with Gasteiger partial charge in [-0.2, -0.15) is 0 Å². The molecule has 0 fully saturated rings. The average molecular weight is 360 g/mol. The molecule has 3 aromatic rings. The van der Waals surface area contributed by atoms with Crippen molar-refractivity contribution in [2.24, 2.45) is 5.92 Å². The van der Waals surface area contributed by atoms with Crippen molar-refractivity contribution >= 4 is 0 Å². The molecule has 0 saturated carbocycles. The number of hydrogen-bond donors (Lipinski definition) is 1. The van der Waals surface area contributed by atoms with Gasteiger partial charge in [-0.15, -0.1) is 0 Å². The van der Waals surface area contributed by atoms with E-state index in [0.29, 0.717) is 6.42 Å². The van der Waals surface area contributed by atoms with Gasteiger partial charge in [-0.05, 0) is 23.7 Å². The summed E-state index contributed by atoms with van der Waals surface area (Å²) in [6, 6.07) is 30.8. The van der Waals surface area contributed by atoms with E-state index in [9.17, 15) is 5.11 Å². The maximum atomic E-state index is 11.8. The summed E-state index contributed by atoms with van der Waals surface area (Å²) in [7, 11) is 2.12. The van der Waals surface area contributed by atoms with Crippen molar-refractivity contribution < 1.29 is 5.11 Å². The predicted octanol–water partition coefficient (Wildman–Crippen LogP) is 4.89. The quantitative estimate of drug-likeness (QED) is 0.619. The first-order valence-electron chi connectivity index (χ1n) is 9.62. The fourth-order valence-electron chi connectivity index (χ4n) is 3.77. The van der Waals surface area contributed by atoms with Gasteiger partial charge in [0.25, 0.3) is 0 Å². The van der Waals surface area contributed by atoms with Gasteiger partial charge in [0.1, 0.15) is 0 Å². The molecule has 0 aromatic heterocycles. The van der Waals surface area contributed by atoms with E-state index in [1.54, 1.807) is 0 Å². The minimum atomic E-state index is -0.909. The third-order valence-corrected chi connectivity index (χ3v) is 5.29. The molecule has 0 saturated heterocycles. The monoisotopic (exact) mass is 359 g/mol. The van der Waals surface area contributed by atoms with Crippen LogP contribution >= 0.6 is 0 Å². The lowest BCUT2D eigenvalue weighted by Gasteiger charge is -2.37. The van der Waals surface area contributed by atoms with Crippen molar-refractivity contribution in [3.63, 3.8) is 0 Å². The van der Waals surface area contributed by atoms with E-state index in [0.717, 1.165) is 24.2 Å². The van der Waals surface area contributed by atoms with Crippen molar-refractivity contribution in [2.45, 2.75) is 25.5 Å². The normalized spacial score (nSPS) is 14.7. The van der Waals surface area contributed by atoms with E-state index in [-0.39, 0.29) is 5.92 Å². The van der Waals surface area contributed by atoms with Gasteiger partial charge in [-0.1, -0.05) is 97.9 Å². The van der Waals surface area contributed by atoms with E-state index in [2.05, 4.69) is 55.3 Å². The third kappa shape index (κ3) is 5.06. The second kappa shape index (κ2) is 8.98. The second-order valence-corrected chi connectivity index (χ2v) is 7.54. The average Bonchev–Trinajstić information content (AvgIpc) is 2.70. The Labute approximate surface area is 163 Å². The lowest BCUT2D eigenvalue weighted by Crippen LogP contribution is -2.41. The summed E-state index contributed by atoms with van der Waals surface area (Å²) in [6.07, 6.45) is 0.609. The Morgan fingerprint density at radius 1 is 0.778 bits per heavy atom. The Bertz CT molecular complexity index is 804. The number of nitrogens with zero attached hydrogens (tertiary/aromatic N) is 1. The van der Waals surface area contributed by atoms with Crippen LogP contribution in [-0.4, -0.2) is 23.6 Å². The molecule has 0 amide bonds. The summed E-state index contributed by atoms with van der Waals surface area (Å²) in [4.78, 5) is 2.29. The Kier molecular flexibility index (Phi) is 6.44. The fraction of sp³-hybridized carbons (Fsp3) is 0.280. The molecule has 0 radical (unpaired) electrons. The van der Waals surface area contributed by atoms with Crippen molar-refractivity contribution in [3.05, 3.63) is 108 Å². The molecule has 0 bridgehead atoms. The van der Waals surface area contributed by atoms with Crippen molar-refractivity contribution in [1.82, 2.24) is 4.90 Å². The molecule has 140 valence electrons. The van der Waals surface area contributed by atoms with Gasteiger partial charge in [0.05, 0.1) is 5.60 Å². The molecule has 1 N–H and O–H groups in total. The summed E-state index contributed by atoms with van der Waals surface area (Å²) >= 11 is 0. The Balaban J connectivity index is 1.79. The molecule has 2 unspecified atom stereocenters. The van der Waals surface area contributed by atoms with E-state index < -0.39 is 5.60 Å². The van der Waals surface area contributed by atoms with E-state index >= 15 is 0 Å². The van der Waals surface area contributed by atoms with Crippen LogP contribution in [0, 0.1) is 5.92 Å². The molecular formula is C25H29NO. The lowest BCUT2D eigenvalue weighted by molar-refractivity contribution is -0.0282. The van der Waals surface area contributed by atoms with Gasteiger partial charge in [0.2, 0.25) is 0 Å². The Morgan fingerprint density at radius 2 is 1.26 bits per heavy atom. The molecule has 2 nitrogen and oxygen atoms in total. The highest BCUT2D eigenvalue weighted by molar-refractivity contribution is 5.28. The summed E-state index contributed by atoms with van der Waals surface area (Å²) < 4.78 is 0. The van der Waals surface area contributed by atoms with Crippen molar-refractivity contribution in [3.8, 4) is 0 Å². The highest BCUT2D eigenvalue weighted by atomic mass is 16.3. The molecular weight excluding hydrogens is 330 g/mol. The SMILES string of the molecule is CC(CN(C)Cc1ccccc1)C(O)(Cc1ccccc1)c1ccccc1. The Morgan fingerprint density at radius 3 is 1.81 bits per heavy atom. The molecule has 2 atom stereocenters. The van der Waals surface area contributed by atoms with Gasteiger partial charge >= 0.3 is 0 Å². The van der Waals surface area contributed by atoms with Crippen molar-refractivity contribution in [1.29, 1.82) is 0 Å². The second-order valence-electron chi connectivity index (χ2n) is 7.54. The first-order valence-corrected chi connectivity index (χ1v) is 9.62. The van der Waals surface area contributed by atoms with Gasteiger partial charge in [0, 0.05) is 25.4 Å². The van der Waals surface area contributed by atoms with Crippen LogP contribution < -0.4 is 0 Å². The minimum absolute atomic E-state index is 0.0776. The van der Waals surface area contributed by atoms with Crippen LogP contribution in [0.2, 0.25) is 0 Å². The maximum absolute atomic E-state index is 11.8. The summed E-state index contributed by atoms with van der Waals surface area (Å²) in [6.45, 7) is 3.84. The van der Waals surface area contributed by atoms with Crippen molar-refractivity contribution in [2.75, 3.05) is 13.6 Å². The molecule has 3 aromatic carbocycles. The van der Waals surface area contributed by atoms with E-state index in [1.165, 1.54) is 5.56 Å².